The molecule has 1 heterocycles. The first-order valence-corrected chi connectivity index (χ1v) is 10.3. The topological polar surface area (TPSA) is 68.8 Å². The van der Waals surface area contributed by atoms with Crippen molar-refractivity contribution in [1.82, 2.24) is 20.9 Å². The van der Waals surface area contributed by atoms with Crippen molar-refractivity contribution in [3.63, 3.8) is 0 Å². The van der Waals surface area contributed by atoms with Gasteiger partial charge in [-0.2, -0.15) is 0 Å². The van der Waals surface area contributed by atoms with Crippen LogP contribution < -0.4 is 16.0 Å². The molecule has 0 unspecified atom stereocenters. The highest BCUT2D eigenvalue weighted by molar-refractivity contribution is 14.0. The zero-order chi connectivity index (χ0) is 20.6. The van der Waals surface area contributed by atoms with Gasteiger partial charge < -0.3 is 16.0 Å². The van der Waals surface area contributed by atoms with E-state index in [1.54, 1.807) is 7.05 Å². The van der Waals surface area contributed by atoms with Gasteiger partial charge >= 0.3 is 0 Å². The third kappa shape index (κ3) is 10.3. The number of hydrogen-bond acceptors (Lipinski definition) is 3. The second-order valence-corrected chi connectivity index (χ2v) is 8.85. The van der Waals surface area contributed by atoms with Crippen molar-refractivity contribution in [3.05, 3.63) is 35.4 Å². The van der Waals surface area contributed by atoms with E-state index >= 15 is 0 Å². The van der Waals surface area contributed by atoms with Crippen LogP contribution in [0.15, 0.2) is 29.3 Å². The predicted molar refractivity (Wildman–Crippen MR) is 132 cm³/mol. The number of carbonyl (C=O) groups is 1. The van der Waals surface area contributed by atoms with Gasteiger partial charge in [-0.1, -0.05) is 31.2 Å². The molecule has 1 aromatic carbocycles. The summed E-state index contributed by atoms with van der Waals surface area (Å²) in [6.07, 6.45) is 2.61. The van der Waals surface area contributed by atoms with Gasteiger partial charge in [0.2, 0.25) is 5.91 Å². The summed E-state index contributed by atoms with van der Waals surface area (Å²) in [4.78, 5) is 18.6. The molecule has 1 aliphatic heterocycles. The van der Waals surface area contributed by atoms with Gasteiger partial charge in [-0.05, 0) is 63.7 Å². The highest BCUT2D eigenvalue weighted by Crippen LogP contribution is 2.18. The van der Waals surface area contributed by atoms with E-state index in [0.29, 0.717) is 12.5 Å². The van der Waals surface area contributed by atoms with Gasteiger partial charge in [0.15, 0.2) is 5.96 Å². The lowest BCUT2D eigenvalue weighted by Crippen LogP contribution is -2.48. The van der Waals surface area contributed by atoms with Gasteiger partial charge in [0.05, 0.1) is 6.54 Å². The Hall–Kier alpha value is -1.35. The number of nitrogens with one attached hydrogen (secondary N) is 3. The number of aliphatic imine (C=N–C) groups is 1. The molecule has 0 aliphatic carbocycles. The molecule has 3 N–H and O–H groups in total. The minimum absolute atomic E-state index is 0. The van der Waals surface area contributed by atoms with Gasteiger partial charge in [-0.25, -0.2) is 0 Å². The van der Waals surface area contributed by atoms with Crippen LogP contribution in [0.2, 0.25) is 0 Å². The number of piperidine rings is 1. The molecule has 0 aromatic heterocycles. The summed E-state index contributed by atoms with van der Waals surface area (Å²) in [6, 6.07) is 8.74. The summed E-state index contributed by atoms with van der Waals surface area (Å²) in [5, 5.41) is 9.24. The predicted octanol–water partition coefficient (Wildman–Crippen LogP) is 3.12. The molecular weight excluding hydrogens is 477 g/mol. The molecule has 0 saturated carbocycles. The molecular formula is C22H38IN5O. The highest BCUT2D eigenvalue weighted by Gasteiger charge is 2.16. The summed E-state index contributed by atoms with van der Waals surface area (Å²) in [5.41, 5.74) is 2.32. The molecule has 1 aromatic rings. The zero-order valence-electron chi connectivity index (χ0n) is 18.5. The smallest absolute Gasteiger partial charge is 0.239 e. The van der Waals surface area contributed by atoms with Crippen molar-refractivity contribution in [3.8, 4) is 0 Å². The summed E-state index contributed by atoms with van der Waals surface area (Å²) in [6.45, 7) is 12.6. The van der Waals surface area contributed by atoms with E-state index in [1.165, 1.54) is 37.1 Å². The van der Waals surface area contributed by atoms with Crippen LogP contribution in [0.1, 0.15) is 51.7 Å². The quantitative estimate of drug-likeness (QED) is 0.310. The number of rotatable bonds is 6. The van der Waals surface area contributed by atoms with E-state index in [-0.39, 0.29) is 42.0 Å². The van der Waals surface area contributed by atoms with Crippen molar-refractivity contribution < 1.29 is 4.79 Å². The van der Waals surface area contributed by atoms with E-state index in [1.807, 2.05) is 20.8 Å². The first kappa shape index (κ1) is 25.7. The Labute approximate surface area is 193 Å². The molecule has 0 spiro atoms. The van der Waals surface area contributed by atoms with Gasteiger partial charge in [0.1, 0.15) is 0 Å². The standard InChI is InChI=1S/C22H37N5O.HI/c1-17-10-12-27(13-11-17)16-19-8-6-18(7-9-19)14-24-21(23-5)25-15-20(28)26-22(2,3)4;/h6-9,17H,10-16H2,1-5H3,(H,26,28)(H2,23,24,25);1H. The van der Waals surface area contributed by atoms with Crippen LogP contribution in [-0.2, 0) is 17.9 Å². The van der Waals surface area contributed by atoms with Crippen molar-refractivity contribution >= 4 is 35.8 Å². The molecule has 1 fully saturated rings. The Morgan fingerprint density at radius 1 is 1.10 bits per heavy atom. The minimum atomic E-state index is -0.232. The average Bonchev–Trinajstić information content (AvgIpc) is 2.63. The lowest BCUT2D eigenvalue weighted by molar-refractivity contribution is -0.121. The fraction of sp³-hybridized carbons (Fsp3) is 0.636. The largest absolute Gasteiger partial charge is 0.352 e. The van der Waals surface area contributed by atoms with Crippen molar-refractivity contribution in [1.29, 1.82) is 0 Å². The number of benzene rings is 1. The lowest BCUT2D eigenvalue weighted by Gasteiger charge is -2.30. The fourth-order valence-corrected chi connectivity index (χ4v) is 3.27. The minimum Gasteiger partial charge on any atom is -0.352 e. The Morgan fingerprint density at radius 3 is 2.24 bits per heavy atom. The van der Waals surface area contributed by atoms with E-state index in [9.17, 15) is 4.79 Å². The number of carbonyl (C=O) groups excluding carboxylic acids is 1. The molecule has 1 saturated heterocycles. The number of amides is 1. The van der Waals surface area contributed by atoms with Crippen molar-refractivity contribution in [2.45, 2.75) is 59.2 Å². The first-order chi connectivity index (χ1) is 13.2. The molecule has 0 bridgehead atoms. The van der Waals surface area contributed by atoms with Crippen LogP contribution >= 0.6 is 24.0 Å². The van der Waals surface area contributed by atoms with Crippen molar-refractivity contribution in [2.24, 2.45) is 10.9 Å². The first-order valence-electron chi connectivity index (χ1n) is 10.3. The summed E-state index contributed by atoms with van der Waals surface area (Å²) >= 11 is 0. The zero-order valence-corrected chi connectivity index (χ0v) is 20.9. The van der Waals surface area contributed by atoms with Gasteiger partial charge in [-0.15, -0.1) is 24.0 Å². The number of hydrogen-bond donors (Lipinski definition) is 3. The molecule has 164 valence electrons. The summed E-state index contributed by atoms with van der Waals surface area (Å²) in [5.74, 6) is 1.44. The fourth-order valence-electron chi connectivity index (χ4n) is 3.27. The SMILES string of the molecule is CN=C(NCC(=O)NC(C)(C)C)NCc1ccc(CN2CCC(C)CC2)cc1.I. The third-order valence-electron chi connectivity index (χ3n) is 4.92. The molecule has 6 nitrogen and oxygen atoms in total. The molecule has 0 radical (unpaired) electrons. The van der Waals surface area contributed by atoms with E-state index < -0.39 is 0 Å². The van der Waals surface area contributed by atoms with E-state index in [0.717, 1.165) is 12.5 Å². The third-order valence-corrected chi connectivity index (χ3v) is 4.92. The molecule has 0 atom stereocenters. The van der Waals surface area contributed by atoms with Crippen LogP contribution in [0.4, 0.5) is 0 Å². The van der Waals surface area contributed by atoms with Crippen LogP contribution in [0.25, 0.3) is 0 Å². The van der Waals surface area contributed by atoms with Crippen LogP contribution in [0.3, 0.4) is 0 Å². The normalized spacial score (nSPS) is 16.1. The maximum atomic E-state index is 11.9. The highest BCUT2D eigenvalue weighted by atomic mass is 127. The lowest BCUT2D eigenvalue weighted by atomic mass is 9.99. The molecule has 1 amide bonds. The van der Waals surface area contributed by atoms with Gasteiger partial charge in [-0.3, -0.25) is 14.7 Å². The maximum absolute atomic E-state index is 11.9. The van der Waals surface area contributed by atoms with Gasteiger partial charge in [0, 0.05) is 25.7 Å². The average molecular weight is 515 g/mol. The second-order valence-electron chi connectivity index (χ2n) is 8.85. The van der Waals surface area contributed by atoms with Gasteiger partial charge in [0.25, 0.3) is 0 Å². The number of guanidine groups is 1. The maximum Gasteiger partial charge on any atom is 0.239 e. The Kier molecular flexibility index (Phi) is 11.0. The van der Waals surface area contributed by atoms with Crippen molar-refractivity contribution in [2.75, 3.05) is 26.7 Å². The number of nitrogens with zero attached hydrogens (tertiary/aromatic N) is 2. The summed E-state index contributed by atoms with van der Waals surface area (Å²) in [7, 11) is 1.71. The molecule has 29 heavy (non-hydrogen) atoms. The van der Waals surface area contributed by atoms with Crippen LogP contribution in [0.5, 0.6) is 0 Å². The Balaban J connectivity index is 0.00000420. The van der Waals surface area contributed by atoms with Crippen LogP contribution in [-0.4, -0.2) is 49.0 Å². The molecule has 1 aliphatic rings. The van der Waals surface area contributed by atoms with E-state index in [4.69, 9.17) is 0 Å². The summed E-state index contributed by atoms with van der Waals surface area (Å²) < 4.78 is 0. The number of halogens is 1. The monoisotopic (exact) mass is 515 g/mol. The Morgan fingerprint density at radius 2 is 1.69 bits per heavy atom. The van der Waals surface area contributed by atoms with Crippen LogP contribution in [0, 0.1) is 5.92 Å². The second kappa shape index (κ2) is 12.4. The molecule has 2 rings (SSSR count). The van der Waals surface area contributed by atoms with E-state index in [2.05, 4.69) is 57.0 Å². The Bertz CT molecular complexity index is 646. The molecule has 7 heteroatoms. The number of likely N-dealkylation sites (tertiary alicyclic amines) is 1.